The zero-order chi connectivity index (χ0) is 22.7. The number of halogens is 3. The van der Waals surface area contributed by atoms with Crippen molar-refractivity contribution in [2.75, 3.05) is 10.6 Å². The van der Waals surface area contributed by atoms with Gasteiger partial charge >= 0.3 is 6.18 Å². The Balaban J connectivity index is 1.43. The van der Waals surface area contributed by atoms with E-state index in [1.165, 1.54) is 0 Å². The molecule has 0 atom stereocenters. The summed E-state index contributed by atoms with van der Waals surface area (Å²) in [5.74, 6) is 1.25. The Morgan fingerprint density at radius 1 is 1.03 bits per heavy atom. The third kappa shape index (κ3) is 4.89. The molecule has 0 saturated carbocycles. The summed E-state index contributed by atoms with van der Waals surface area (Å²) < 4.78 is 39.5. The quantitative estimate of drug-likeness (QED) is 0.479. The predicted molar refractivity (Wildman–Crippen MR) is 111 cm³/mol. The summed E-state index contributed by atoms with van der Waals surface area (Å²) in [6, 6.07) is 10.4. The second kappa shape index (κ2) is 8.46. The van der Waals surface area contributed by atoms with Crippen LogP contribution in [0.4, 0.5) is 30.4 Å². The molecule has 32 heavy (non-hydrogen) atoms. The number of aryl methyl sites for hydroxylation is 1. The number of anilines is 3. The SMILES string of the molecule is Cc1nc(Nc2ccc(NC(=O)c3ccc(C(F)(F)F)nc3)cc2)cc(-n2ccnc2)n1. The number of amides is 1. The number of carbonyl (C=O) groups is 1. The lowest BCUT2D eigenvalue weighted by molar-refractivity contribution is -0.141. The van der Waals surface area contributed by atoms with Crippen LogP contribution in [-0.4, -0.2) is 30.4 Å². The Kier molecular flexibility index (Phi) is 5.54. The van der Waals surface area contributed by atoms with E-state index in [4.69, 9.17) is 0 Å². The topological polar surface area (TPSA) is 97.6 Å². The van der Waals surface area contributed by atoms with E-state index in [9.17, 15) is 18.0 Å². The average Bonchev–Trinajstić information content (AvgIpc) is 3.29. The number of hydrogen-bond donors (Lipinski definition) is 2. The number of hydrogen-bond acceptors (Lipinski definition) is 6. The maximum absolute atomic E-state index is 12.6. The standard InChI is InChI=1S/C21H16F3N7O/c1-13-27-18(10-19(28-13)31-9-8-25-12-31)29-15-3-5-16(6-4-15)30-20(32)14-2-7-17(26-11-14)21(22,23)24/h2-12H,1H3,(H,30,32)(H,27,28,29). The zero-order valence-corrected chi connectivity index (χ0v) is 16.6. The van der Waals surface area contributed by atoms with Crippen LogP contribution in [0.3, 0.4) is 0 Å². The van der Waals surface area contributed by atoms with Crippen LogP contribution in [0.25, 0.3) is 5.82 Å². The third-order valence-corrected chi connectivity index (χ3v) is 4.32. The second-order valence-corrected chi connectivity index (χ2v) is 6.71. The normalized spacial score (nSPS) is 11.2. The van der Waals surface area contributed by atoms with Crippen LogP contribution < -0.4 is 10.6 Å². The number of nitrogens with zero attached hydrogens (tertiary/aromatic N) is 5. The lowest BCUT2D eigenvalue weighted by atomic mass is 10.2. The first-order valence-corrected chi connectivity index (χ1v) is 9.34. The number of alkyl halides is 3. The number of benzene rings is 1. The highest BCUT2D eigenvalue weighted by atomic mass is 19.4. The van der Waals surface area contributed by atoms with Gasteiger partial charge in [-0.3, -0.25) is 14.3 Å². The van der Waals surface area contributed by atoms with Crippen molar-refractivity contribution < 1.29 is 18.0 Å². The molecule has 3 aromatic heterocycles. The fourth-order valence-corrected chi connectivity index (χ4v) is 2.83. The van der Waals surface area contributed by atoms with E-state index in [0.717, 1.165) is 18.3 Å². The van der Waals surface area contributed by atoms with Crippen LogP contribution >= 0.6 is 0 Å². The molecular weight excluding hydrogens is 423 g/mol. The molecule has 1 amide bonds. The number of aromatic nitrogens is 5. The highest BCUT2D eigenvalue weighted by Crippen LogP contribution is 2.27. The zero-order valence-electron chi connectivity index (χ0n) is 16.6. The number of imidazole rings is 1. The van der Waals surface area contributed by atoms with Gasteiger partial charge in [0, 0.05) is 36.0 Å². The van der Waals surface area contributed by atoms with Gasteiger partial charge in [-0.15, -0.1) is 0 Å². The third-order valence-electron chi connectivity index (χ3n) is 4.32. The van der Waals surface area contributed by atoms with Crippen molar-refractivity contribution in [1.29, 1.82) is 0 Å². The van der Waals surface area contributed by atoms with Crippen LogP contribution in [-0.2, 0) is 6.18 Å². The number of rotatable bonds is 5. The first-order valence-electron chi connectivity index (χ1n) is 9.34. The van der Waals surface area contributed by atoms with Crippen molar-refractivity contribution in [3.05, 3.63) is 84.5 Å². The number of pyridine rings is 1. The molecule has 4 aromatic rings. The highest BCUT2D eigenvalue weighted by Gasteiger charge is 2.32. The van der Waals surface area contributed by atoms with Gasteiger partial charge in [-0.2, -0.15) is 13.2 Å². The first-order chi connectivity index (χ1) is 15.3. The molecule has 3 heterocycles. The van der Waals surface area contributed by atoms with Gasteiger partial charge in [0.2, 0.25) is 0 Å². The van der Waals surface area contributed by atoms with E-state index in [0.29, 0.717) is 28.8 Å². The van der Waals surface area contributed by atoms with Crippen LogP contribution in [0.2, 0.25) is 0 Å². The van der Waals surface area contributed by atoms with Crippen molar-refractivity contribution in [2.45, 2.75) is 13.1 Å². The summed E-state index contributed by atoms with van der Waals surface area (Å²) >= 11 is 0. The molecule has 2 N–H and O–H groups in total. The van der Waals surface area contributed by atoms with Crippen LogP contribution in [0.5, 0.6) is 0 Å². The van der Waals surface area contributed by atoms with Gasteiger partial charge in [0.05, 0.1) is 5.56 Å². The van der Waals surface area contributed by atoms with Gasteiger partial charge in [0.25, 0.3) is 5.91 Å². The Hall–Kier alpha value is -4.28. The van der Waals surface area contributed by atoms with Crippen LogP contribution in [0.15, 0.2) is 67.4 Å². The Morgan fingerprint density at radius 3 is 2.41 bits per heavy atom. The lowest BCUT2D eigenvalue weighted by Crippen LogP contribution is -2.14. The van der Waals surface area contributed by atoms with Crippen molar-refractivity contribution in [1.82, 2.24) is 24.5 Å². The van der Waals surface area contributed by atoms with Crippen molar-refractivity contribution in [3.63, 3.8) is 0 Å². The molecule has 4 rings (SSSR count). The molecule has 0 aliphatic carbocycles. The minimum absolute atomic E-state index is 0.0173. The predicted octanol–water partition coefficient (Wildman–Crippen LogP) is 4.38. The van der Waals surface area contributed by atoms with E-state index in [1.54, 1.807) is 60.5 Å². The van der Waals surface area contributed by atoms with Gasteiger partial charge in [-0.1, -0.05) is 0 Å². The largest absolute Gasteiger partial charge is 0.433 e. The Labute approximate surface area is 180 Å². The van der Waals surface area contributed by atoms with Crippen molar-refractivity contribution in [3.8, 4) is 5.82 Å². The summed E-state index contributed by atoms with van der Waals surface area (Å²) in [7, 11) is 0. The molecule has 8 nitrogen and oxygen atoms in total. The fraction of sp³-hybridized carbons (Fsp3) is 0.0952. The molecule has 0 aliphatic heterocycles. The molecule has 11 heteroatoms. The molecule has 0 bridgehead atoms. The number of carbonyl (C=O) groups excluding carboxylic acids is 1. The second-order valence-electron chi connectivity index (χ2n) is 6.71. The summed E-state index contributed by atoms with van der Waals surface area (Å²) in [6.07, 6.45) is 1.39. The maximum atomic E-state index is 12.6. The molecule has 162 valence electrons. The van der Waals surface area contributed by atoms with E-state index in [1.807, 2.05) is 0 Å². The van der Waals surface area contributed by atoms with Gasteiger partial charge < -0.3 is 10.6 Å². The lowest BCUT2D eigenvalue weighted by Gasteiger charge is -2.10. The molecule has 0 fully saturated rings. The van der Waals surface area contributed by atoms with Crippen LogP contribution in [0.1, 0.15) is 21.9 Å². The van der Waals surface area contributed by atoms with Crippen LogP contribution in [0, 0.1) is 6.92 Å². The minimum atomic E-state index is -4.56. The Bertz CT molecular complexity index is 1220. The smallest absolute Gasteiger partial charge is 0.340 e. The maximum Gasteiger partial charge on any atom is 0.433 e. The Morgan fingerprint density at radius 2 is 1.78 bits per heavy atom. The molecule has 1 aromatic carbocycles. The molecular formula is C21H16F3N7O. The first kappa shape index (κ1) is 21.0. The molecule has 0 radical (unpaired) electrons. The van der Waals surface area contributed by atoms with Gasteiger partial charge in [0.15, 0.2) is 0 Å². The van der Waals surface area contributed by atoms with E-state index < -0.39 is 17.8 Å². The molecule has 0 saturated heterocycles. The molecule has 0 aliphatic rings. The summed E-state index contributed by atoms with van der Waals surface area (Å²) in [6.45, 7) is 1.78. The van der Waals surface area contributed by atoms with Crippen molar-refractivity contribution >= 4 is 23.1 Å². The molecule has 0 unspecified atom stereocenters. The highest BCUT2D eigenvalue weighted by molar-refractivity contribution is 6.04. The average molecular weight is 439 g/mol. The summed E-state index contributed by atoms with van der Waals surface area (Å²) in [5, 5.41) is 5.79. The van der Waals surface area contributed by atoms with E-state index in [2.05, 4.69) is 30.6 Å². The summed E-state index contributed by atoms with van der Waals surface area (Å²) in [5.41, 5.74) is 0.150. The monoisotopic (exact) mass is 439 g/mol. The fourth-order valence-electron chi connectivity index (χ4n) is 2.83. The molecule has 0 spiro atoms. The minimum Gasteiger partial charge on any atom is -0.340 e. The van der Waals surface area contributed by atoms with Gasteiger partial charge in [-0.25, -0.2) is 15.0 Å². The van der Waals surface area contributed by atoms with E-state index >= 15 is 0 Å². The summed E-state index contributed by atoms with van der Waals surface area (Å²) in [4.78, 5) is 28.3. The number of nitrogens with one attached hydrogen (secondary N) is 2. The van der Waals surface area contributed by atoms with E-state index in [-0.39, 0.29) is 5.56 Å². The van der Waals surface area contributed by atoms with Crippen molar-refractivity contribution in [2.24, 2.45) is 0 Å². The van der Waals surface area contributed by atoms with Gasteiger partial charge in [0.1, 0.15) is 29.5 Å². The van der Waals surface area contributed by atoms with Gasteiger partial charge in [-0.05, 0) is 43.3 Å².